The molecule has 0 spiro atoms. The number of ether oxygens (including phenoxy) is 1. The second-order valence-electron chi connectivity index (χ2n) is 6.22. The van der Waals surface area contributed by atoms with E-state index in [0.29, 0.717) is 43.3 Å². The first kappa shape index (κ1) is 15.6. The lowest BCUT2D eigenvalue weighted by atomic mass is 10.1. The normalized spacial score (nSPS) is 19.6. The largest absolute Gasteiger partial charge is 0.447 e. The van der Waals surface area contributed by atoms with Crippen LogP contribution in [0.5, 0.6) is 0 Å². The van der Waals surface area contributed by atoms with Gasteiger partial charge in [-0.1, -0.05) is 30.3 Å². The van der Waals surface area contributed by atoms with Gasteiger partial charge in [-0.25, -0.2) is 14.8 Å². The van der Waals surface area contributed by atoms with Gasteiger partial charge in [0.1, 0.15) is 12.4 Å². The number of benzene rings is 1. The van der Waals surface area contributed by atoms with E-state index in [9.17, 15) is 9.59 Å². The maximum atomic E-state index is 13.1. The van der Waals surface area contributed by atoms with Crippen molar-refractivity contribution in [1.82, 2.24) is 19.8 Å². The van der Waals surface area contributed by atoms with E-state index in [1.165, 1.54) is 0 Å². The Hall–Kier alpha value is -2.96. The molecule has 25 heavy (non-hydrogen) atoms. The molecule has 0 bridgehead atoms. The van der Waals surface area contributed by atoms with Crippen LogP contribution in [0.1, 0.15) is 16.2 Å². The van der Waals surface area contributed by atoms with Crippen molar-refractivity contribution < 1.29 is 14.3 Å². The number of nitrogens with zero attached hydrogens (tertiary/aromatic N) is 4. The van der Waals surface area contributed by atoms with Crippen LogP contribution in [0, 0.1) is 6.92 Å². The second-order valence-corrected chi connectivity index (χ2v) is 6.22. The van der Waals surface area contributed by atoms with Gasteiger partial charge in [0.2, 0.25) is 0 Å². The number of cyclic esters (lactones) is 1. The van der Waals surface area contributed by atoms with Gasteiger partial charge >= 0.3 is 6.09 Å². The predicted octanol–water partition coefficient (Wildman–Crippen LogP) is 1.73. The monoisotopic (exact) mass is 338 g/mol. The molecule has 2 aliphatic rings. The predicted molar refractivity (Wildman–Crippen MR) is 90.0 cm³/mol. The van der Waals surface area contributed by atoms with Crippen LogP contribution >= 0.6 is 0 Å². The summed E-state index contributed by atoms with van der Waals surface area (Å²) in [6.45, 7) is 3.57. The molecule has 4 rings (SSSR count). The fraction of sp³-hybridized carbons (Fsp3) is 0.333. The zero-order valence-electron chi connectivity index (χ0n) is 13.9. The Morgan fingerprint density at radius 1 is 1.24 bits per heavy atom. The van der Waals surface area contributed by atoms with Crippen molar-refractivity contribution in [3.8, 4) is 11.3 Å². The summed E-state index contributed by atoms with van der Waals surface area (Å²) in [6, 6.07) is 9.55. The standard InChI is InChI=1S/C18H18N4O3/c1-12-19-9-15(16(20-12)13-5-3-2-4-6-13)17(23)21-7-8-22-14(10-21)11-25-18(22)24/h2-6,9,14H,7-8,10-11H2,1H3. The summed E-state index contributed by atoms with van der Waals surface area (Å²) >= 11 is 0. The van der Waals surface area contributed by atoms with Gasteiger partial charge in [0.25, 0.3) is 5.91 Å². The molecule has 0 saturated carbocycles. The molecule has 0 aliphatic carbocycles. The van der Waals surface area contributed by atoms with E-state index in [2.05, 4.69) is 9.97 Å². The molecule has 1 unspecified atom stereocenters. The van der Waals surface area contributed by atoms with Crippen LogP contribution < -0.4 is 0 Å². The third-order valence-corrected chi connectivity index (χ3v) is 4.59. The summed E-state index contributed by atoms with van der Waals surface area (Å²) in [5.74, 6) is 0.507. The van der Waals surface area contributed by atoms with E-state index in [4.69, 9.17) is 4.74 Å². The average Bonchev–Trinajstić information content (AvgIpc) is 3.02. The number of aryl methyl sites for hydroxylation is 1. The van der Waals surface area contributed by atoms with Gasteiger partial charge in [-0.3, -0.25) is 9.69 Å². The Labute approximate surface area is 145 Å². The second kappa shape index (κ2) is 6.16. The Kier molecular flexibility index (Phi) is 3.83. The van der Waals surface area contributed by atoms with Crippen molar-refractivity contribution in [3.05, 3.63) is 47.9 Å². The first-order chi connectivity index (χ1) is 12.1. The van der Waals surface area contributed by atoms with Crippen LogP contribution in [0.3, 0.4) is 0 Å². The number of fused-ring (bicyclic) bond motifs is 1. The summed E-state index contributed by atoms with van der Waals surface area (Å²) in [5.41, 5.74) is 2.00. The summed E-state index contributed by atoms with van der Waals surface area (Å²) in [7, 11) is 0. The van der Waals surface area contributed by atoms with Crippen molar-refractivity contribution in [3.63, 3.8) is 0 Å². The van der Waals surface area contributed by atoms with Gasteiger partial charge < -0.3 is 9.64 Å². The highest BCUT2D eigenvalue weighted by Crippen LogP contribution is 2.24. The molecular formula is C18H18N4O3. The third-order valence-electron chi connectivity index (χ3n) is 4.59. The molecule has 7 heteroatoms. The highest BCUT2D eigenvalue weighted by molar-refractivity contribution is 5.99. The van der Waals surface area contributed by atoms with Crippen LogP contribution in [-0.2, 0) is 4.74 Å². The Morgan fingerprint density at radius 3 is 2.84 bits per heavy atom. The maximum Gasteiger partial charge on any atom is 0.410 e. The quantitative estimate of drug-likeness (QED) is 0.833. The lowest BCUT2D eigenvalue weighted by Gasteiger charge is -2.35. The number of carbonyl (C=O) groups is 2. The van der Waals surface area contributed by atoms with Gasteiger partial charge in [-0.15, -0.1) is 0 Å². The lowest BCUT2D eigenvalue weighted by Crippen LogP contribution is -2.53. The summed E-state index contributed by atoms with van der Waals surface area (Å²) in [6.07, 6.45) is 1.30. The Bertz CT molecular complexity index is 824. The number of piperazine rings is 1. The highest BCUT2D eigenvalue weighted by atomic mass is 16.6. The molecule has 0 N–H and O–H groups in total. The van der Waals surface area contributed by atoms with Crippen molar-refractivity contribution in [2.45, 2.75) is 13.0 Å². The van der Waals surface area contributed by atoms with Crippen LogP contribution in [0.2, 0.25) is 0 Å². The van der Waals surface area contributed by atoms with E-state index in [1.807, 2.05) is 30.3 Å². The highest BCUT2D eigenvalue weighted by Gasteiger charge is 2.39. The van der Waals surface area contributed by atoms with Gasteiger partial charge in [0.15, 0.2) is 0 Å². The molecule has 2 aliphatic heterocycles. The molecule has 2 aromatic rings. The molecule has 1 aromatic carbocycles. The summed E-state index contributed by atoms with van der Waals surface area (Å²) in [4.78, 5) is 36.8. The molecule has 2 fully saturated rings. The van der Waals surface area contributed by atoms with E-state index in [1.54, 1.807) is 22.9 Å². The molecule has 7 nitrogen and oxygen atoms in total. The van der Waals surface area contributed by atoms with Gasteiger partial charge in [-0.2, -0.15) is 0 Å². The number of hydrogen-bond donors (Lipinski definition) is 0. The van der Waals surface area contributed by atoms with E-state index in [0.717, 1.165) is 5.56 Å². The fourth-order valence-electron chi connectivity index (χ4n) is 3.29. The minimum atomic E-state index is -0.291. The molecule has 1 atom stereocenters. The minimum Gasteiger partial charge on any atom is -0.447 e. The number of rotatable bonds is 2. The maximum absolute atomic E-state index is 13.1. The van der Waals surface area contributed by atoms with Gasteiger partial charge in [0, 0.05) is 31.4 Å². The molecule has 2 amide bonds. The topological polar surface area (TPSA) is 75.6 Å². The van der Waals surface area contributed by atoms with Crippen LogP contribution in [-0.4, -0.2) is 64.1 Å². The first-order valence-electron chi connectivity index (χ1n) is 8.25. The molecule has 128 valence electrons. The molecule has 3 heterocycles. The minimum absolute atomic E-state index is 0.0725. The van der Waals surface area contributed by atoms with Crippen molar-refractivity contribution in [2.75, 3.05) is 26.2 Å². The number of aromatic nitrogens is 2. The zero-order valence-corrected chi connectivity index (χ0v) is 13.9. The van der Waals surface area contributed by atoms with Crippen molar-refractivity contribution in [2.24, 2.45) is 0 Å². The van der Waals surface area contributed by atoms with Crippen molar-refractivity contribution in [1.29, 1.82) is 0 Å². The van der Waals surface area contributed by atoms with Gasteiger partial charge in [-0.05, 0) is 6.92 Å². The number of hydrogen-bond acceptors (Lipinski definition) is 5. The Balaban J connectivity index is 1.64. The van der Waals surface area contributed by atoms with E-state index >= 15 is 0 Å². The number of carbonyl (C=O) groups excluding carboxylic acids is 2. The lowest BCUT2D eigenvalue weighted by molar-refractivity contribution is 0.0617. The number of amides is 2. The summed E-state index contributed by atoms with van der Waals surface area (Å²) < 4.78 is 5.07. The van der Waals surface area contributed by atoms with Crippen LogP contribution in [0.25, 0.3) is 11.3 Å². The molecule has 1 aromatic heterocycles. The first-order valence-corrected chi connectivity index (χ1v) is 8.25. The average molecular weight is 338 g/mol. The van der Waals surface area contributed by atoms with Crippen molar-refractivity contribution >= 4 is 12.0 Å². The van der Waals surface area contributed by atoms with Gasteiger partial charge in [0.05, 0.1) is 17.3 Å². The van der Waals surface area contributed by atoms with Crippen LogP contribution in [0.15, 0.2) is 36.5 Å². The SMILES string of the molecule is Cc1ncc(C(=O)N2CCN3C(=O)OCC3C2)c(-c2ccccc2)n1. The summed E-state index contributed by atoms with van der Waals surface area (Å²) in [5, 5.41) is 0. The van der Waals surface area contributed by atoms with Crippen LogP contribution in [0.4, 0.5) is 4.79 Å². The smallest absolute Gasteiger partial charge is 0.410 e. The third kappa shape index (κ3) is 2.82. The zero-order chi connectivity index (χ0) is 17.4. The molecule has 2 saturated heterocycles. The molecular weight excluding hydrogens is 320 g/mol. The van der Waals surface area contributed by atoms with E-state index < -0.39 is 0 Å². The molecule has 0 radical (unpaired) electrons. The fourth-order valence-corrected chi connectivity index (χ4v) is 3.29. The van der Waals surface area contributed by atoms with E-state index in [-0.39, 0.29) is 18.0 Å². The Morgan fingerprint density at radius 2 is 2.04 bits per heavy atom.